The fourth-order valence-corrected chi connectivity index (χ4v) is 2.67. The van der Waals surface area contributed by atoms with Gasteiger partial charge in [0, 0.05) is 0 Å². The van der Waals surface area contributed by atoms with E-state index in [2.05, 4.69) is 60.7 Å². The molecule has 4 aromatic carbocycles. The van der Waals surface area contributed by atoms with E-state index in [-0.39, 0.29) is 0 Å². The first-order chi connectivity index (χ1) is 9.35. The first-order valence-electron chi connectivity index (χ1n) is 5.96. The molecule has 3 nitrogen and oxygen atoms in total. The largest absolute Gasteiger partial charge is 0.373 e. The van der Waals surface area contributed by atoms with Gasteiger partial charge in [0.05, 0.1) is 0 Å². The standard InChI is InChI=1S/C16H10.N3/c1-3-11-7-9-13-5-2-6-14-10-8-12(4-1)15(11)16(13)14;1-3-2/h1-10H;/q;-1. The second-order valence-corrected chi connectivity index (χ2v) is 4.38. The maximum absolute atomic E-state index is 6.75. The topological polar surface area (TPSA) is 58.7 Å². The molecule has 0 bridgehead atoms. The van der Waals surface area contributed by atoms with Crippen molar-refractivity contribution >= 4 is 32.3 Å². The van der Waals surface area contributed by atoms with Crippen molar-refractivity contribution < 1.29 is 0 Å². The SMILES string of the molecule is [N-]=[N+]=[N-].c1cc2ccc3cccc4ccc(c1)c2c34. The Morgan fingerprint density at radius 3 is 1.05 bits per heavy atom. The summed E-state index contributed by atoms with van der Waals surface area (Å²) >= 11 is 0. The lowest BCUT2D eigenvalue weighted by Gasteiger charge is -2.09. The predicted octanol–water partition coefficient (Wildman–Crippen LogP) is 5.45. The number of benzene rings is 4. The molecule has 0 heterocycles. The lowest BCUT2D eigenvalue weighted by atomic mass is 9.95. The van der Waals surface area contributed by atoms with Crippen molar-refractivity contribution in [2.75, 3.05) is 0 Å². The van der Waals surface area contributed by atoms with Crippen molar-refractivity contribution in [3.8, 4) is 0 Å². The molecule has 0 saturated heterocycles. The molecular weight excluding hydrogens is 234 g/mol. The average Bonchev–Trinajstić information content (AvgIpc) is 2.46. The zero-order valence-electron chi connectivity index (χ0n) is 10.1. The van der Waals surface area contributed by atoms with E-state index in [1.165, 1.54) is 37.2 Å². The van der Waals surface area contributed by atoms with Gasteiger partial charge < -0.3 is 11.1 Å². The van der Waals surface area contributed by atoms with Gasteiger partial charge in [-0.2, -0.15) is 0 Å². The van der Waals surface area contributed by atoms with Crippen LogP contribution >= 0.6 is 0 Å². The zero-order chi connectivity index (χ0) is 13.2. The molecule has 0 aliphatic heterocycles. The fraction of sp³-hybridized carbons (Fsp3) is 0. The van der Waals surface area contributed by atoms with Crippen LogP contribution < -0.4 is 0 Å². The van der Waals surface area contributed by atoms with Gasteiger partial charge in [-0.25, -0.2) is 0 Å². The lowest BCUT2D eigenvalue weighted by molar-refractivity contribution is 1.78. The molecule has 0 amide bonds. The van der Waals surface area contributed by atoms with Crippen molar-refractivity contribution in [2.45, 2.75) is 0 Å². The van der Waals surface area contributed by atoms with E-state index >= 15 is 0 Å². The first-order valence-corrected chi connectivity index (χ1v) is 5.96. The Bertz CT molecular complexity index is 760. The summed E-state index contributed by atoms with van der Waals surface area (Å²) in [6.07, 6.45) is 0. The molecule has 0 aliphatic carbocycles. The molecule has 0 atom stereocenters. The van der Waals surface area contributed by atoms with E-state index in [1.807, 2.05) is 0 Å². The van der Waals surface area contributed by atoms with Crippen molar-refractivity contribution in [3.63, 3.8) is 0 Å². The van der Waals surface area contributed by atoms with Crippen molar-refractivity contribution in [3.05, 3.63) is 76.6 Å². The number of hydrogen-bond donors (Lipinski definition) is 0. The summed E-state index contributed by atoms with van der Waals surface area (Å²) in [5.41, 5.74) is 13.5. The van der Waals surface area contributed by atoms with E-state index in [0.29, 0.717) is 0 Å². The second kappa shape index (κ2) is 4.48. The summed E-state index contributed by atoms with van der Waals surface area (Å²) < 4.78 is 0. The Morgan fingerprint density at radius 1 is 0.526 bits per heavy atom. The van der Waals surface area contributed by atoms with Crippen LogP contribution in [0.4, 0.5) is 0 Å². The third kappa shape index (κ3) is 1.73. The van der Waals surface area contributed by atoms with Gasteiger partial charge in [0.1, 0.15) is 0 Å². The molecular formula is C16H10N3-. The van der Waals surface area contributed by atoms with Gasteiger partial charge in [0.2, 0.25) is 0 Å². The molecule has 0 spiro atoms. The molecule has 0 saturated carbocycles. The van der Waals surface area contributed by atoms with Crippen LogP contribution in [0.1, 0.15) is 0 Å². The highest BCUT2D eigenvalue weighted by Crippen LogP contribution is 2.33. The minimum absolute atomic E-state index is 1.34. The highest BCUT2D eigenvalue weighted by Gasteiger charge is 2.05. The summed E-state index contributed by atoms with van der Waals surface area (Å²) in [7, 11) is 0. The molecule has 0 unspecified atom stereocenters. The average molecular weight is 244 g/mol. The molecule has 0 fully saturated rings. The minimum atomic E-state index is 1.34. The first kappa shape index (κ1) is 11.3. The third-order valence-corrected chi connectivity index (χ3v) is 3.39. The Hall–Kier alpha value is -2.77. The van der Waals surface area contributed by atoms with Crippen molar-refractivity contribution in [2.24, 2.45) is 0 Å². The van der Waals surface area contributed by atoms with Gasteiger partial charge in [0.15, 0.2) is 0 Å². The lowest BCUT2D eigenvalue weighted by Crippen LogP contribution is -1.82. The van der Waals surface area contributed by atoms with E-state index in [1.54, 1.807) is 0 Å². The molecule has 0 aliphatic rings. The quantitative estimate of drug-likeness (QED) is 0.171. The van der Waals surface area contributed by atoms with Crippen LogP contribution in [0.25, 0.3) is 48.3 Å². The van der Waals surface area contributed by atoms with E-state index in [9.17, 15) is 0 Å². The second-order valence-electron chi connectivity index (χ2n) is 4.38. The molecule has 19 heavy (non-hydrogen) atoms. The van der Waals surface area contributed by atoms with Crippen molar-refractivity contribution in [1.82, 2.24) is 0 Å². The maximum atomic E-state index is 6.75. The monoisotopic (exact) mass is 244 g/mol. The van der Waals surface area contributed by atoms with Crippen LogP contribution in [0.3, 0.4) is 0 Å². The van der Waals surface area contributed by atoms with Crippen molar-refractivity contribution in [1.29, 1.82) is 0 Å². The van der Waals surface area contributed by atoms with Gasteiger partial charge in [-0.05, 0) is 32.3 Å². The molecule has 0 aromatic heterocycles. The summed E-state index contributed by atoms with van der Waals surface area (Å²) in [6.45, 7) is 0. The normalized spacial score (nSPS) is 10.3. The third-order valence-electron chi connectivity index (χ3n) is 3.39. The maximum Gasteiger partial charge on any atom is -0.00268 e. The highest BCUT2D eigenvalue weighted by molar-refractivity contribution is 6.22. The van der Waals surface area contributed by atoms with Gasteiger partial charge in [0.25, 0.3) is 0 Å². The summed E-state index contributed by atoms with van der Waals surface area (Å²) in [4.78, 5) is 1.50. The Labute approximate surface area is 109 Å². The minimum Gasteiger partial charge on any atom is -0.373 e. The fourth-order valence-electron chi connectivity index (χ4n) is 2.67. The van der Waals surface area contributed by atoms with Gasteiger partial charge in [-0.3, -0.25) is 4.91 Å². The van der Waals surface area contributed by atoms with Crippen LogP contribution in [-0.4, -0.2) is 0 Å². The molecule has 4 rings (SSSR count). The van der Waals surface area contributed by atoms with E-state index < -0.39 is 0 Å². The molecule has 0 N–H and O–H groups in total. The van der Waals surface area contributed by atoms with Gasteiger partial charge in [-0.15, -0.1) is 0 Å². The molecule has 4 aromatic rings. The Balaban J connectivity index is 0.000000339. The number of nitrogens with zero attached hydrogens (tertiary/aromatic N) is 3. The molecule has 0 radical (unpaired) electrons. The van der Waals surface area contributed by atoms with Crippen LogP contribution in [0, 0.1) is 0 Å². The predicted molar refractivity (Wildman–Crippen MR) is 80.2 cm³/mol. The number of rotatable bonds is 0. The summed E-state index contributed by atoms with van der Waals surface area (Å²) in [5.74, 6) is 0. The van der Waals surface area contributed by atoms with Crippen LogP contribution in [0.15, 0.2) is 60.7 Å². The van der Waals surface area contributed by atoms with E-state index in [4.69, 9.17) is 11.1 Å². The van der Waals surface area contributed by atoms with Crippen LogP contribution in [0.5, 0.6) is 0 Å². The van der Waals surface area contributed by atoms with E-state index in [0.717, 1.165) is 0 Å². The smallest absolute Gasteiger partial charge is 0.00268 e. The molecule has 90 valence electrons. The van der Waals surface area contributed by atoms with Crippen LogP contribution in [0.2, 0.25) is 0 Å². The molecule has 3 heteroatoms. The Morgan fingerprint density at radius 2 is 0.789 bits per heavy atom. The van der Waals surface area contributed by atoms with Gasteiger partial charge in [-0.1, -0.05) is 60.7 Å². The summed E-state index contributed by atoms with van der Waals surface area (Å²) in [5, 5.41) is 8.14. The zero-order valence-corrected chi connectivity index (χ0v) is 10.1. The number of hydrogen-bond acceptors (Lipinski definition) is 0. The highest BCUT2D eigenvalue weighted by atomic mass is 15.0. The van der Waals surface area contributed by atoms with Crippen LogP contribution in [-0.2, 0) is 0 Å². The summed E-state index contributed by atoms with van der Waals surface area (Å²) in [6, 6.07) is 21.9. The van der Waals surface area contributed by atoms with Gasteiger partial charge >= 0.3 is 0 Å². The Kier molecular flexibility index (Phi) is 2.67.